The van der Waals surface area contributed by atoms with Crippen molar-refractivity contribution in [2.75, 3.05) is 26.1 Å². The molecule has 5 aromatic heterocycles. The average molecular weight is 699 g/mol. The number of fused-ring (bicyclic) bond motifs is 4. The lowest BCUT2D eigenvalue weighted by Gasteiger charge is -2.36. The Labute approximate surface area is 264 Å². The molecule has 0 radical (unpaired) electrons. The molecule has 5 atom stereocenters. The first-order valence-corrected chi connectivity index (χ1v) is 19.0. The molecule has 240 valence electrons. The molecule has 2 aliphatic rings. The molecule has 7 rings (SSSR count). The number of imidazole rings is 3. The first kappa shape index (κ1) is 30.9. The minimum absolute atomic E-state index is 0.0946. The second-order valence-electron chi connectivity index (χ2n) is 10.7. The summed E-state index contributed by atoms with van der Waals surface area (Å²) in [4.78, 5) is 46.4. The maximum absolute atomic E-state index is 13.4. The van der Waals surface area contributed by atoms with Crippen LogP contribution in [0.4, 0.5) is 5.82 Å². The largest absolute Gasteiger partial charge is 0.386 e. The molecule has 18 nitrogen and oxygen atoms in total. The number of aromatic amines is 1. The molecular weight excluding hydrogens is 670 g/mol. The number of ether oxygens (including phenoxy) is 1. The lowest BCUT2D eigenvalue weighted by atomic mass is 9.81. The minimum Gasteiger partial charge on any atom is -0.382 e. The van der Waals surface area contributed by atoms with Gasteiger partial charge < -0.3 is 33.5 Å². The zero-order chi connectivity index (χ0) is 31.5. The summed E-state index contributed by atoms with van der Waals surface area (Å²) in [5.74, 6) is 0.739. The summed E-state index contributed by atoms with van der Waals surface area (Å²) < 4.78 is 46.9. The van der Waals surface area contributed by atoms with E-state index < -0.39 is 37.5 Å². The normalized spacial score (nSPS) is 26.3. The van der Waals surface area contributed by atoms with Crippen molar-refractivity contribution in [2.45, 2.75) is 43.7 Å². The molecule has 0 amide bonds. The molecule has 1 aliphatic heterocycles. The summed E-state index contributed by atoms with van der Waals surface area (Å²) in [5, 5.41) is 0. The van der Waals surface area contributed by atoms with Crippen LogP contribution in [0.1, 0.15) is 31.5 Å². The highest BCUT2D eigenvalue weighted by Gasteiger charge is 2.43. The average Bonchev–Trinajstić information content (AvgIpc) is 3.77. The molecule has 0 bridgehead atoms. The Hall–Kier alpha value is -2.77. The summed E-state index contributed by atoms with van der Waals surface area (Å²) in [5.41, 5.74) is 7.30. The first-order chi connectivity index (χ1) is 21.5. The van der Waals surface area contributed by atoms with Crippen LogP contribution in [0, 0.1) is 5.92 Å². The second kappa shape index (κ2) is 11.8. The minimum atomic E-state index is -3.90. The SMILES string of the molecule is COP(O)(=S)OC[C@H]1O[C@@H](n2cnc3c(=O)[nH]c4nccn4c32)C[C@@H]1OP(=O)(S)OCC1CC(n2cnc3c(N)ncnc32)C1. The highest BCUT2D eigenvalue weighted by atomic mass is 32.7. The number of anilines is 1. The van der Waals surface area contributed by atoms with Crippen LogP contribution in [0.15, 0.2) is 36.2 Å². The summed E-state index contributed by atoms with van der Waals surface area (Å²) in [6.07, 6.45) is 6.94. The van der Waals surface area contributed by atoms with Gasteiger partial charge in [-0.3, -0.25) is 23.3 Å². The van der Waals surface area contributed by atoms with Gasteiger partial charge in [0, 0.05) is 32.0 Å². The number of rotatable bonds is 11. The monoisotopic (exact) mass is 698 g/mol. The van der Waals surface area contributed by atoms with E-state index in [-0.39, 0.29) is 37.1 Å². The summed E-state index contributed by atoms with van der Waals surface area (Å²) in [6.45, 7) is -7.53. The van der Waals surface area contributed by atoms with Crippen LogP contribution in [0.5, 0.6) is 0 Å². The van der Waals surface area contributed by atoms with E-state index in [9.17, 15) is 14.3 Å². The van der Waals surface area contributed by atoms with Gasteiger partial charge in [-0.05, 0) is 30.6 Å². The topological polar surface area (TPSA) is 221 Å². The van der Waals surface area contributed by atoms with Crippen LogP contribution in [-0.2, 0) is 39.2 Å². The number of nitrogen functional groups attached to an aromatic ring is 1. The number of aromatic nitrogens is 9. The summed E-state index contributed by atoms with van der Waals surface area (Å²) in [6, 6.07) is 0.129. The molecule has 22 heteroatoms. The van der Waals surface area contributed by atoms with Crippen molar-refractivity contribution in [3.8, 4) is 0 Å². The number of hydrogen-bond donors (Lipinski definition) is 4. The van der Waals surface area contributed by atoms with Gasteiger partial charge in [-0.15, -0.1) is 0 Å². The zero-order valence-electron chi connectivity index (χ0n) is 23.5. The van der Waals surface area contributed by atoms with Gasteiger partial charge in [0.15, 0.2) is 22.6 Å². The van der Waals surface area contributed by atoms with E-state index >= 15 is 0 Å². The summed E-state index contributed by atoms with van der Waals surface area (Å²) >= 11 is 9.21. The third-order valence-corrected chi connectivity index (χ3v) is 11.3. The number of nitrogens with zero attached hydrogens (tertiary/aromatic N) is 8. The van der Waals surface area contributed by atoms with Crippen LogP contribution in [0.25, 0.3) is 28.1 Å². The zero-order valence-corrected chi connectivity index (χ0v) is 27.0. The molecule has 4 N–H and O–H groups in total. The van der Waals surface area contributed by atoms with Gasteiger partial charge >= 0.3 is 13.5 Å². The van der Waals surface area contributed by atoms with Gasteiger partial charge in [-0.2, -0.15) is 0 Å². The maximum atomic E-state index is 13.4. The maximum Gasteiger partial charge on any atom is 0.386 e. The fourth-order valence-corrected chi connectivity index (χ4v) is 7.86. The van der Waals surface area contributed by atoms with Crippen LogP contribution in [0.2, 0.25) is 0 Å². The fourth-order valence-electron chi connectivity index (χ4n) is 5.65. The van der Waals surface area contributed by atoms with E-state index in [1.807, 2.05) is 4.57 Å². The van der Waals surface area contributed by atoms with Crippen molar-refractivity contribution in [1.82, 2.24) is 43.4 Å². The lowest BCUT2D eigenvalue weighted by Crippen LogP contribution is -2.30. The second-order valence-corrected chi connectivity index (χ2v) is 16.5. The fraction of sp³-hybridized carbons (Fsp3) is 0.478. The molecule has 6 heterocycles. The van der Waals surface area contributed by atoms with Crippen molar-refractivity contribution >= 4 is 71.5 Å². The molecule has 2 unspecified atom stereocenters. The Balaban J connectivity index is 1.04. The molecule has 1 aliphatic carbocycles. The number of thiol groups is 1. The van der Waals surface area contributed by atoms with E-state index in [0.717, 1.165) is 12.8 Å². The van der Waals surface area contributed by atoms with Crippen molar-refractivity contribution in [2.24, 2.45) is 5.92 Å². The summed E-state index contributed by atoms with van der Waals surface area (Å²) in [7, 11) is 1.23. The number of H-pyrrole nitrogens is 1. The van der Waals surface area contributed by atoms with Gasteiger partial charge in [0.25, 0.3) is 5.56 Å². The Bertz CT molecular complexity index is 2040. The highest BCUT2D eigenvalue weighted by molar-refractivity contribution is 8.44. The van der Waals surface area contributed by atoms with Crippen molar-refractivity contribution < 1.29 is 32.3 Å². The van der Waals surface area contributed by atoms with E-state index in [1.165, 1.54) is 19.8 Å². The van der Waals surface area contributed by atoms with Crippen LogP contribution < -0.4 is 11.3 Å². The quantitative estimate of drug-likeness (QED) is 0.115. The van der Waals surface area contributed by atoms with E-state index in [0.29, 0.717) is 28.4 Å². The Morgan fingerprint density at radius 3 is 2.71 bits per heavy atom. The lowest BCUT2D eigenvalue weighted by molar-refractivity contribution is -0.0381. The third kappa shape index (κ3) is 5.95. The van der Waals surface area contributed by atoms with E-state index in [2.05, 4.69) is 42.2 Å². The predicted octanol–water partition coefficient (Wildman–Crippen LogP) is 2.35. The molecular formula is C23H28N10O8P2S2. The predicted molar refractivity (Wildman–Crippen MR) is 166 cm³/mol. The number of nitrogens with two attached hydrogens (primary N) is 1. The van der Waals surface area contributed by atoms with E-state index in [4.69, 9.17) is 40.4 Å². The van der Waals surface area contributed by atoms with Crippen molar-refractivity contribution in [3.05, 3.63) is 41.7 Å². The van der Waals surface area contributed by atoms with Gasteiger partial charge in [0.05, 0.1) is 25.9 Å². The van der Waals surface area contributed by atoms with Gasteiger partial charge in [0.2, 0.25) is 5.78 Å². The van der Waals surface area contributed by atoms with Gasteiger partial charge in [-0.25, -0.2) is 29.5 Å². The van der Waals surface area contributed by atoms with Gasteiger partial charge in [-0.1, -0.05) is 12.2 Å². The van der Waals surface area contributed by atoms with Crippen LogP contribution >= 0.6 is 25.8 Å². The Morgan fingerprint density at radius 2 is 1.91 bits per heavy atom. The molecule has 2 fully saturated rings. The Kier molecular flexibility index (Phi) is 8.09. The molecule has 1 saturated carbocycles. The van der Waals surface area contributed by atoms with E-state index in [1.54, 1.807) is 27.7 Å². The third-order valence-electron chi connectivity index (χ3n) is 7.93. The smallest absolute Gasteiger partial charge is 0.382 e. The highest BCUT2D eigenvalue weighted by Crippen LogP contribution is 2.57. The number of nitrogens with one attached hydrogen (secondary N) is 1. The van der Waals surface area contributed by atoms with Crippen molar-refractivity contribution in [3.63, 3.8) is 0 Å². The molecule has 45 heavy (non-hydrogen) atoms. The molecule has 0 aromatic carbocycles. The van der Waals surface area contributed by atoms with Crippen LogP contribution in [0.3, 0.4) is 0 Å². The van der Waals surface area contributed by atoms with Crippen molar-refractivity contribution in [1.29, 1.82) is 0 Å². The standard InChI is InChI=1S/C23H28N10O8P2S2/c1-37-42(35,44)39-8-15-14(6-16(40-15)33-11-29-18-21(34)30-23-25-2-3-31(23)22(18)33)41-43(36,45)38-7-12-4-13(5-12)32-10-28-17-19(24)26-9-27-20(17)32/h2-3,9-16H,4-8H2,1H3,(H,35,44)(H,36,45)(H2,24,26,27)(H,25,30,34)/t12?,13?,14-,15+,16+,42?,43?/m0/s1. The molecule has 5 aromatic rings. The van der Waals surface area contributed by atoms with Gasteiger partial charge in [0.1, 0.15) is 30.3 Å². The van der Waals surface area contributed by atoms with Crippen LogP contribution in [-0.4, -0.2) is 80.9 Å². The Morgan fingerprint density at radius 1 is 1.13 bits per heavy atom. The molecule has 0 spiro atoms. The molecule has 1 saturated heterocycles. The first-order valence-electron chi connectivity index (χ1n) is 13.7. The number of hydrogen-bond acceptors (Lipinski definition) is 14.